The van der Waals surface area contributed by atoms with Crippen LogP contribution in [-0.4, -0.2) is 21.5 Å². The minimum Gasteiger partial charge on any atom is -0.436 e. The van der Waals surface area contributed by atoms with Crippen LogP contribution in [0.1, 0.15) is 13.3 Å². The zero-order valence-electron chi connectivity index (χ0n) is 9.93. The summed E-state index contributed by atoms with van der Waals surface area (Å²) in [5, 5.41) is 3.15. The zero-order valence-corrected chi connectivity index (χ0v) is 11.5. The number of hydrogen-bond acceptors (Lipinski definition) is 5. The number of nitrogens with one attached hydrogen (secondary N) is 1. The molecule has 2 aromatic rings. The number of ether oxygens (including phenoxy) is 1. The Morgan fingerprint density at radius 2 is 2.06 bits per heavy atom. The first-order chi connectivity index (χ1) is 8.78. The number of hydrogen-bond donors (Lipinski definition) is 1. The molecule has 0 aromatic carbocycles. The Hall–Kier alpha value is -1.69. The van der Waals surface area contributed by atoms with Gasteiger partial charge in [0.25, 0.3) is 0 Å². The van der Waals surface area contributed by atoms with E-state index in [9.17, 15) is 0 Å². The van der Waals surface area contributed by atoms with Gasteiger partial charge in [0.05, 0.1) is 18.6 Å². The number of pyridine rings is 1. The lowest BCUT2D eigenvalue weighted by atomic mass is 10.4. The maximum absolute atomic E-state index is 5.57. The van der Waals surface area contributed by atoms with Crippen LogP contribution < -0.4 is 10.1 Å². The second-order valence-corrected chi connectivity index (χ2v) is 4.53. The Kier molecular flexibility index (Phi) is 4.46. The molecule has 0 fully saturated rings. The number of anilines is 1. The highest BCUT2D eigenvalue weighted by atomic mass is 79.9. The summed E-state index contributed by atoms with van der Waals surface area (Å²) in [5.74, 6) is 1.76. The van der Waals surface area contributed by atoms with E-state index in [0.29, 0.717) is 17.4 Å². The molecule has 0 radical (unpaired) electrons. The summed E-state index contributed by atoms with van der Waals surface area (Å²) in [7, 11) is 0. The van der Waals surface area contributed by atoms with Crippen molar-refractivity contribution in [2.24, 2.45) is 0 Å². The quantitative estimate of drug-likeness (QED) is 0.918. The lowest BCUT2D eigenvalue weighted by Crippen LogP contribution is -2.03. The summed E-state index contributed by atoms with van der Waals surface area (Å²) in [6.07, 6.45) is 7.58. The van der Waals surface area contributed by atoms with Crippen LogP contribution >= 0.6 is 15.9 Å². The topological polar surface area (TPSA) is 59.9 Å². The van der Waals surface area contributed by atoms with Gasteiger partial charge in [-0.1, -0.05) is 6.92 Å². The van der Waals surface area contributed by atoms with Crippen molar-refractivity contribution in [2.45, 2.75) is 13.3 Å². The minimum absolute atomic E-state index is 0.441. The summed E-state index contributed by atoms with van der Waals surface area (Å²) >= 11 is 3.33. The fraction of sp³-hybridized carbons (Fsp3) is 0.250. The second-order valence-electron chi connectivity index (χ2n) is 3.61. The second kappa shape index (κ2) is 6.30. The molecular weight excluding hydrogens is 296 g/mol. The van der Waals surface area contributed by atoms with E-state index in [2.05, 4.69) is 43.1 Å². The number of rotatable bonds is 5. The van der Waals surface area contributed by atoms with Crippen LogP contribution in [0.3, 0.4) is 0 Å². The molecule has 1 N–H and O–H groups in total. The molecular formula is C12H13BrN4O. The largest absolute Gasteiger partial charge is 0.436 e. The Morgan fingerprint density at radius 3 is 2.83 bits per heavy atom. The van der Waals surface area contributed by atoms with Crippen LogP contribution in [0.4, 0.5) is 5.82 Å². The van der Waals surface area contributed by atoms with E-state index < -0.39 is 0 Å². The Balaban J connectivity index is 2.09. The smallest absolute Gasteiger partial charge is 0.239 e. The Bertz CT molecular complexity index is 521. The molecule has 0 saturated carbocycles. The molecule has 0 amide bonds. The van der Waals surface area contributed by atoms with Crippen molar-refractivity contribution in [1.82, 2.24) is 15.0 Å². The van der Waals surface area contributed by atoms with Gasteiger partial charge in [-0.15, -0.1) is 0 Å². The average molecular weight is 309 g/mol. The minimum atomic E-state index is 0.441. The number of halogens is 1. The SMILES string of the molecule is CCCNc1cncc(Oc2cncc(Br)c2)n1. The third-order valence-electron chi connectivity index (χ3n) is 2.07. The van der Waals surface area contributed by atoms with Crippen molar-refractivity contribution >= 4 is 21.7 Å². The van der Waals surface area contributed by atoms with E-state index in [1.54, 1.807) is 24.8 Å². The monoisotopic (exact) mass is 308 g/mol. The molecule has 5 nitrogen and oxygen atoms in total. The van der Waals surface area contributed by atoms with E-state index in [0.717, 1.165) is 17.4 Å². The fourth-order valence-corrected chi connectivity index (χ4v) is 1.65. The third-order valence-corrected chi connectivity index (χ3v) is 2.50. The lowest BCUT2D eigenvalue weighted by Gasteiger charge is -2.07. The van der Waals surface area contributed by atoms with Gasteiger partial charge in [0.15, 0.2) is 0 Å². The summed E-state index contributed by atoms with van der Waals surface area (Å²) in [5.41, 5.74) is 0. The van der Waals surface area contributed by atoms with Crippen molar-refractivity contribution in [3.63, 3.8) is 0 Å². The van der Waals surface area contributed by atoms with Crippen molar-refractivity contribution in [3.8, 4) is 11.6 Å². The highest BCUT2D eigenvalue weighted by Crippen LogP contribution is 2.21. The molecule has 6 heteroatoms. The number of aromatic nitrogens is 3. The zero-order chi connectivity index (χ0) is 12.8. The first-order valence-electron chi connectivity index (χ1n) is 5.62. The molecule has 0 atom stereocenters. The summed E-state index contributed by atoms with van der Waals surface area (Å²) in [6, 6.07) is 1.82. The maximum Gasteiger partial charge on any atom is 0.239 e. The first-order valence-corrected chi connectivity index (χ1v) is 6.41. The first kappa shape index (κ1) is 12.8. The molecule has 2 aromatic heterocycles. The van der Waals surface area contributed by atoms with Crippen LogP contribution in [0.2, 0.25) is 0 Å². The van der Waals surface area contributed by atoms with Gasteiger partial charge in [0, 0.05) is 17.2 Å². The predicted octanol–water partition coefficient (Wildman–Crippen LogP) is 3.25. The van der Waals surface area contributed by atoms with Crippen LogP contribution in [0.25, 0.3) is 0 Å². The molecule has 2 rings (SSSR count). The van der Waals surface area contributed by atoms with Gasteiger partial charge < -0.3 is 10.1 Å². The van der Waals surface area contributed by atoms with Gasteiger partial charge in [-0.2, -0.15) is 4.98 Å². The normalized spacial score (nSPS) is 10.1. The van der Waals surface area contributed by atoms with Crippen molar-refractivity contribution in [1.29, 1.82) is 0 Å². The predicted molar refractivity (Wildman–Crippen MR) is 72.8 cm³/mol. The molecule has 0 unspecified atom stereocenters. The third kappa shape index (κ3) is 3.66. The summed E-state index contributed by atoms with van der Waals surface area (Å²) < 4.78 is 6.43. The standard InChI is InChI=1S/C12H13BrN4O/c1-2-3-16-11-7-15-8-12(17-11)18-10-4-9(13)5-14-6-10/h4-8H,2-3H2,1H3,(H,16,17). The van der Waals surface area contributed by atoms with Gasteiger partial charge in [-0.3, -0.25) is 9.97 Å². The molecule has 0 saturated heterocycles. The molecule has 0 aliphatic heterocycles. The number of nitrogens with zero attached hydrogens (tertiary/aromatic N) is 3. The van der Waals surface area contributed by atoms with Crippen molar-refractivity contribution in [3.05, 3.63) is 35.3 Å². The van der Waals surface area contributed by atoms with Crippen LogP contribution in [0.5, 0.6) is 11.6 Å². The van der Waals surface area contributed by atoms with Crippen molar-refractivity contribution in [2.75, 3.05) is 11.9 Å². The summed E-state index contributed by atoms with van der Waals surface area (Å²) in [4.78, 5) is 12.4. The molecule has 2 heterocycles. The highest BCUT2D eigenvalue weighted by Gasteiger charge is 2.02. The average Bonchev–Trinajstić information content (AvgIpc) is 2.37. The molecule has 94 valence electrons. The van der Waals surface area contributed by atoms with Crippen LogP contribution in [0, 0.1) is 0 Å². The Labute approximate surface area is 114 Å². The molecule has 0 spiro atoms. The van der Waals surface area contributed by atoms with Gasteiger partial charge in [-0.05, 0) is 28.4 Å². The van der Waals surface area contributed by atoms with E-state index in [1.807, 2.05) is 6.07 Å². The lowest BCUT2D eigenvalue weighted by molar-refractivity contribution is 0.458. The van der Waals surface area contributed by atoms with E-state index in [1.165, 1.54) is 0 Å². The van der Waals surface area contributed by atoms with Crippen molar-refractivity contribution < 1.29 is 4.74 Å². The molecule has 0 bridgehead atoms. The maximum atomic E-state index is 5.57. The molecule has 18 heavy (non-hydrogen) atoms. The molecule has 0 aliphatic rings. The van der Waals surface area contributed by atoms with Crippen LogP contribution in [0.15, 0.2) is 35.3 Å². The van der Waals surface area contributed by atoms with Gasteiger partial charge in [0.2, 0.25) is 5.88 Å². The fourth-order valence-electron chi connectivity index (χ4n) is 1.30. The van der Waals surface area contributed by atoms with Gasteiger partial charge in [0.1, 0.15) is 11.6 Å². The van der Waals surface area contributed by atoms with Gasteiger partial charge >= 0.3 is 0 Å². The van der Waals surface area contributed by atoms with Gasteiger partial charge in [-0.25, -0.2) is 0 Å². The summed E-state index contributed by atoms with van der Waals surface area (Å²) in [6.45, 7) is 2.95. The van der Waals surface area contributed by atoms with E-state index in [-0.39, 0.29) is 0 Å². The van der Waals surface area contributed by atoms with Crippen LogP contribution in [-0.2, 0) is 0 Å². The van der Waals surface area contributed by atoms with E-state index >= 15 is 0 Å². The van der Waals surface area contributed by atoms with E-state index in [4.69, 9.17) is 4.74 Å². The molecule has 0 aliphatic carbocycles. The Morgan fingerprint density at radius 1 is 1.22 bits per heavy atom. The highest BCUT2D eigenvalue weighted by molar-refractivity contribution is 9.10.